The molecule has 1 aliphatic carbocycles. The zero-order chi connectivity index (χ0) is 12.3. The average Bonchev–Trinajstić information content (AvgIpc) is 2.76. The van der Waals surface area contributed by atoms with Crippen molar-refractivity contribution in [2.45, 2.75) is 50.7 Å². The molecule has 1 saturated carbocycles. The molecule has 1 aromatic rings. The van der Waals surface area contributed by atoms with E-state index in [-0.39, 0.29) is 5.60 Å². The lowest BCUT2D eigenvalue weighted by Gasteiger charge is -2.40. The maximum Gasteiger partial charge on any atom is 0.118 e. The first kappa shape index (κ1) is 13.5. The van der Waals surface area contributed by atoms with Crippen LogP contribution in [0.4, 0.5) is 0 Å². The molecule has 0 aromatic carbocycles. The fourth-order valence-electron chi connectivity index (χ4n) is 2.67. The van der Waals surface area contributed by atoms with E-state index in [2.05, 4.69) is 15.9 Å². The summed E-state index contributed by atoms with van der Waals surface area (Å²) in [7, 11) is 0. The molecule has 96 valence electrons. The number of aliphatic hydroxyl groups is 1. The van der Waals surface area contributed by atoms with Crippen LogP contribution >= 0.6 is 27.3 Å². The summed E-state index contributed by atoms with van der Waals surface area (Å²) in [5.41, 5.74) is -0.361. The quantitative estimate of drug-likeness (QED) is 0.897. The van der Waals surface area contributed by atoms with Crippen molar-refractivity contribution in [2.24, 2.45) is 0 Å². The van der Waals surface area contributed by atoms with Gasteiger partial charge < -0.3 is 9.84 Å². The van der Waals surface area contributed by atoms with Gasteiger partial charge in [-0.15, -0.1) is 11.3 Å². The van der Waals surface area contributed by atoms with Gasteiger partial charge in [0.05, 0.1) is 10.5 Å². The Labute approximate surface area is 115 Å². The summed E-state index contributed by atoms with van der Waals surface area (Å²) < 4.78 is 6.95. The summed E-state index contributed by atoms with van der Waals surface area (Å²) in [5, 5.41) is 12.7. The molecule has 0 spiro atoms. The van der Waals surface area contributed by atoms with Crippen LogP contribution in [-0.4, -0.2) is 17.3 Å². The van der Waals surface area contributed by atoms with E-state index in [1.165, 1.54) is 6.42 Å². The predicted molar refractivity (Wildman–Crippen MR) is 74.4 cm³/mol. The minimum atomic E-state index is -0.503. The van der Waals surface area contributed by atoms with E-state index >= 15 is 0 Å². The summed E-state index contributed by atoms with van der Waals surface area (Å²) in [6.45, 7) is 2.67. The van der Waals surface area contributed by atoms with E-state index in [4.69, 9.17) is 4.74 Å². The normalized spacial score (nSPS) is 21.4. The monoisotopic (exact) mass is 318 g/mol. The van der Waals surface area contributed by atoms with Gasteiger partial charge in [0.15, 0.2) is 0 Å². The van der Waals surface area contributed by atoms with Gasteiger partial charge in [-0.05, 0) is 47.1 Å². The van der Waals surface area contributed by atoms with Crippen LogP contribution in [0.15, 0.2) is 15.9 Å². The van der Waals surface area contributed by atoms with Crippen molar-refractivity contribution in [2.75, 3.05) is 6.61 Å². The van der Waals surface area contributed by atoms with Gasteiger partial charge in [0.25, 0.3) is 0 Å². The van der Waals surface area contributed by atoms with Gasteiger partial charge in [-0.3, -0.25) is 0 Å². The first-order valence-corrected chi connectivity index (χ1v) is 7.92. The standard InChI is InChI=1S/C13H19BrO2S/c1-2-16-13(7-4-3-5-8-13)12(15)11-10(14)6-9-17-11/h6,9,12,15H,2-5,7-8H2,1H3. The number of thiophene rings is 1. The molecule has 0 saturated heterocycles. The van der Waals surface area contributed by atoms with Gasteiger partial charge >= 0.3 is 0 Å². The second-order valence-corrected chi connectivity index (χ2v) is 6.40. The Bertz CT molecular complexity index is 353. The Balaban J connectivity index is 2.23. The Morgan fingerprint density at radius 2 is 2.18 bits per heavy atom. The number of ether oxygens (including phenoxy) is 1. The van der Waals surface area contributed by atoms with Crippen LogP contribution < -0.4 is 0 Å². The number of halogens is 1. The van der Waals surface area contributed by atoms with Gasteiger partial charge in [0.1, 0.15) is 6.10 Å². The summed E-state index contributed by atoms with van der Waals surface area (Å²) in [4.78, 5) is 1.00. The number of hydrogen-bond acceptors (Lipinski definition) is 3. The number of hydrogen-bond donors (Lipinski definition) is 1. The summed E-state index contributed by atoms with van der Waals surface area (Å²) in [5.74, 6) is 0. The minimum Gasteiger partial charge on any atom is -0.384 e. The topological polar surface area (TPSA) is 29.5 Å². The molecule has 2 rings (SSSR count). The van der Waals surface area contributed by atoms with E-state index in [0.717, 1.165) is 35.0 Å². The molecule has 2 nitrogen and oxygen atoms in total. The van der Waals surface area contributed by atoms with Crippen LogP contribution in [-0.2, 0) is 4.74 Å². The lowest BCUT2D eigenvalue weighted by molar-refractivity contribution is -0.140. The van der Waals surface area contributed by atoms with Crippen molar-refractivity contribution in [3.8, 4) is 0 Å². The van der Waals surface area contributed by atoms with Crippen molar-refractivity contribution in [1.82, 2.24) is 0 Å². The van der Waals surface area contributed by atoms with E-state index < -0.39 is 6.10 Å². The predicted octanol–water partition coefficient (Wildman–Crippen LogP) is 4.28. The van der Waals surface area contributed by atoms with Crippen LogP contribution in [0.2, 0.25) is 0 Å². The third-order valence-electron chi connectivity index (χ3n) is 3.52. The highest BCUT2D eigenvalue weighted by Crippen LogP contribution is 2.44. The van der Waals surface area contributed by atoms with Gasteiger partial charge in [0.2, 0.25) is 0 Å². The third kappa shape index (κ3) is 2.75. The van der Waals surface area contributed by atoms with Gasteiger partial charge in [-0.2, -0.15) is 0 Å². The molecular formula is C13H19BrO2S. The maximum atomic E-state index is 10.7. The lowest BCUT2D eigenvalue weighted by Crippen LogP contribution is -2.41. The highest BCUT2D eigenvalue weighted by Gasteiger charge is 2.41. The first-order valence-electron chi connectivity index (χ1n) is 6.24. The van der Waals surface area contributed by atoms with E-state index in [0.29, 0.717) is 6.61 Å². The number of rotatable bonds is 4. The SMILES string of the molecule is CCOC1(C(O)c2sccc2Br)CCCCC1. The molecule has 1 N–H and O–H groups in total. The second-order valence-electron chi connectivity index (χ2n) is 4.59. The summed E-state index contributed by atoms with van der Waals surface area (Å²) in [6.07, 6.45) is 4.99. The second kappa shape index (κ2) is 5.83. The van der Waals surface area contributed by atoms with Gasteiger partial charge in [0, 0.05) is 11.1 Å². The molecule has 0 radical (unpaired) electrons. The van der Waals surface area contributed by atoms with Crippen molar-refractivity contribution in [3.05, 3.63) is 20.8 Å². The Morgan fingerprint density at radius 1 is 1.47 bits per heavy atom. The van der Waals surface area contributed by atoms with Gasteiger partial charge in [-0.1, -0.05) is 19.3 Å². The lowest BCUT2D eigenvalue weighted by atomic mass is 9.80. The van der Waals surface area contributed by atoms with Crippen LogP contribution in [0, 0.1) is 0 Å². The molecule has 0 aliphatic heterocycles. The molecule has 1 unspecified atom stereocenters. The minimum absolute atomic E-state index is 0.361. The van der Waals surface area contributed by atoms with Crippen LogP contribution in [0.1, 0.15) is 50.0 Å². The first-order chi connectivity index (χ1) is 8.19. The molecule has 1 aliphatic rings. The number of aliphatic hydroxyl groups excluding tert-OH is 1. The van der Waals surface area contributed by atoms with Crippen LogP contribution in [0.3, 0.4) is 0 Å². The molecule has 0 amide bonds. The zero-order valence-electron chi connectivity index (χ0n) is 10.1. The zero-order valence-corrected chi connectivity index (χ0v) is 12.5. The Kier molecular flexibility index (Phi) is 4.64. The van der Waals surface area contributed by atoms with E-state index in [9.17, 15) is 5.11 Å². The van der Waals surface area contributed by atoms with Crippen molar-refractivity contribution in [3.63, 3.8) is 0 Å². The fourth-order valence-corrected chi connectivity index (χ4v) is 4.35. The van der Waals surface area contributed by atoms with E-state index in [1.807, 2.05) is 18.4 Å². The van der Waals surface area contributed by atoms with Crippen molar-refractivity contribution >= 4 is 27.3 Å². The summed E-state index contributed by atoms with van der Waals surface area (Å²) in [6, 6.07) is 1.99. The molecular weight excluding hydrogens is 300 g/mol. The summed E-state index contributed by atoms with van der Waals surface area (Å²) >= 11 is 5.10. The average molecular weight is 319 g/mol. The Morgan fingerprint density at radius 3 is 2.71 bits per heavy atom. The van der Waals surface area contributed by atoms with Crippen molar-refractivity contribution < 1.29 is 9.84 Å². The molecule has 1 aromatic heterocycles. The molecule has 0 bridgehead atoms. The third-order valence-corrected chi connectivity index (χ3v) is 5.45. The van der Waals surface area contributed by atoms with Crippen molar-refractivity contribution in [1.29, 1.82) is 0 Å². The van der Waals surface area contributed by atoms with Crippen LogP contribution in [0.5, 0.6) is 0 Å². The fraction of sp³-hybridized carbons (Fsp3) is 0.692. The molecule has 1 heterocycles. The molecule has 4 heteroatoms. The highest BCUT2D eigenvalue weighted by atomic mass is 79.9. The molecule has 1 atom stereocenters. The van der Waals surface area contributed by atoms with Crippen LogP contribution in [0.25, 0.3) is 0 Å². The van der Waals surface area contributed by atoms with Gasteiger partial charge in [-0.25, -0.2) is 0 Å². The largest absolute Gasteiger partial charge is 0.384 e. The maximum absolute atomic E-state index is 10.7. The molecule has 1 fully saturated rings. The Hall–Kier alpha value is 0.100. The highest BCUT2D eigenvalue weighted by molar-refractivity contribution is 9.10. The molecule has 17 heavy (non-hydrogen) atoms. The smallest absolute Gasteiger partial charge is 0.118 e. The van der Waals surface area contributed by atoms with E-state index in [1.54, 1.807) is 11.3 Å².